The topological polar surface area (TPSA) is 67.6 Å². The van der Waals surface area contributed by atoms with Crippen molar-refractivity contribution in [2.75, 3.05) is 4.90 Å². The highest BCUT2D eigenvalue weighted by Crippen LogP contribution is 2.36. The summed E-state index contributed by atoms with van der Waals surface area (Å²) < 4.78 is 8.12. The number of amidine groups is 1. The molecule has 0 aliphatic carbocycles. The molecular formula is C25H28Cl2N6OS. The Balaban J connectivity index is 1.76. The van der Waals surface area contributed by atoms with E-state index in [0.717, 1.165) is 11.5 Å². The third kappa shape index (κ3) is 5.44. The first kappa shape index (κ1) is 25.4. The normalized spacial score (nSPS) is 18.4. The van der Waals surface area contributed by atoms with Crippen LogP contribution >= 0.6 is 35.4 Å². The zero-order valence-corrected chi connectivity index (χ0v) is 22.6. The van der Waals surface area contributed by atoms with Crippen LogP contribution in [-0.2, 0) is 0 Å². The van der Waals surface area contributed by atoms with Gasteiger partial charge in [0.25, 0.3) is 0 Å². The molecule has 4 rings (SSSR count). The van der Waals surface area contributed by atoms with Crippen LogP contribution in [0, 0.1) is 5.41 Å². The van der Waals surface area contributed by atoms with Crippen molar-refractivity contribution in [3.8, 4) is 5.75 Å². The van der Waals surface area contributed by atoms with Gasteiger partial charge in [-0.15, -0.1) is 0 Å². The predicted molar refractivity (Wildman–Crippen MR) is 146 cm³/mol. The molecular weight excluding hydrogens is 503 g/mol. The van der Waals surface area contributed by atoms with E-state index in [4.69, 9.17) is 45.1 Å². The molecule has 2 aromatic carbocycles. The maximum Gasteiger partial charge on any atom is 0.215 e. The summed E-state index contributed by atoms with van der Waals surface area (Å²) in [5.41, 5.74) is 0.0277. The molecule has 3 aromatic rings. The van der Waals surface area contributed by atoms with Crippen LogP contribution in [0.15, 0.2) is 66.2 Å². The van der Waals surface area contributed by atoms with Gasteiger partial charge in [0.2, 0.25) is 6.23 Å². The minimum Gasteiger partial charge on any atom is -0.466 e. The number of ether oxygens (including phenoxy) is 1. The van der Waals surface area contributed by atoms with E-state index in [-0.39, 0.29) is 11.5 Å². The largest absolute Gasteiger partial charge is 0.466 e. The Hall–Kier alpha value is -2.68. The molecule has 0 radical (unpaired) electrons. The second-order valence-corrected chi connectivity index (χ2v) is 11.2. The lowest BCUT2D eigenvalue weighted by molar-refractivity contribution is 0.0470. The van der Waals surface area contributed by atoms with Gasteiger partial charge in [0.15, 0.2) is 5.11 Å². The molecule has 1 fully saturated rings. The number of rotatable bonds is 6. The molecule has 184 valence electrons. The highest BCUT2D eigenvalue weighted by molar-refractivity contribution is 7.80. The van der Waals surface area contributed by atoms with E-state index >= 15 is 0 Å². The summed E-state index contributed by atoms with van der Waals surface area (Å²) in [7, 11) is 0. The number of nitrogens with one attached hydrogen (secondary N) is 1. The van der Waals surface area contributed by atoms with Gasteiger partial charge in [0.05, 0.1) is 5.54 Å². The summed E-state index contributed by atoms with van der Waals surface area (Å²) in [6.45, 7) is 10.5. The number of aliphatic imine (C=N–C) groups is 1. The maximum absolute atomic E-state index is 6.44. The highest BCUT2D eigenvalue weighted by atomic mass is 35.5. The number of hydrogen-bond acceptors (Lipinski definition) is 5. The minimum absolute atomic E-state index is 0.307. The first-order chi connectivity index (χ1) is 16.5. The highest BCUT2D eigenvalue weighted by Gasteiger charge is 2.45. The zero-order valence-electron chi connectivity index (χ0n) is 20.2. The molecule has 0 amide bonds. The summed E-state index contributed by atoms with van der Waals surface area (Å²) in [5, 5.41) is 9.54. The average Bonchev–Trinajstić information content (AvgIpc) is 3.37. The van der Waals surface area contributed by atoms with Gasteiger partial charge in [-0.3, -0.25) is 4.99 Å². The number of nitrogens with zero attached hydrogens (tertiary/aromatic N) is 5. The molecule has 1 aromatic heterocycles. The van der Waals surface area contributed by atoms with Crippen molar-refractivity contribution in [3.05, 3.63) is 71.2 Å². The lowest BCUT2D eigenvalue weighted by Crippen LogP contribution is -2.46. The second-order valence-electron chi connectivity index (χ2n) is 9.93. The molecule has 7 nitrogen and oxygen atoms in total. The summed E-state index contributed by atoms with van der Waals surface area (Å²) in [6, 6.07) is 14.5. The Kier molecular flexibility index (Phi) is 7.09. The van der Waals surface area contributed by atoms with Crippen LogP contribution in [0.25, 0.3) is 0 Å². The van der Waals surface area contributed by atoms with E-state index in [9.17, 15) is 0 Å². The molecule has 0 spiro atoms. The van der Waals surface area contributed by atoms with Gasteiger partial charge >= 0.3 is 0 Å². The molecule has 1 aliphatic heterocycles. The van der Waals surface area contributed by atoms with Gasteiger partial charge in [-0.25, -0.2) is 9.67 Å². The fourth-order valence-corrected chi connectivity index (χ4v) is 4.74. The van der Waals surface area contributed by atoms with Gasteiger partial charge in [-0.1, -0.05) is 50.0 Å². The molecule has 2 heterocycles. The molecule has 1 aliphatic rings. The Bertz CT molecular complexity index is 1220. The van der Waals surface area contributed by atoms with Crippen LogP contribution in [0.1, 0.15) is 40.8 Å². The van der Waals surface area contributed by atoms with Crippen molar-refractivity contribution in [3.63, 3.8) is 0 Å². The van der Waals surface area contributed by atoms with E-state index in [1.165, 1.54) is 6.33 Å². The van der Waals surface area contributed by atoms with Crippen LogP contribution in [0.2, 0.25) is 10.0 Å². The Morgan fingerprint density at radius 3 is 2.40 bits per heavy atom. The average molecular weight is 532 g/mol. The smallest absolute Gasteiger partial charge is 0.215 e. The molecule has 0 saturated carbocycles. The molecule has 1 N–H and O–H groups in total. The van der Waals surface area contributed by atoms with Crippen LogP contribution in [0.5, 0.6) is 5.75 Å². The van der Waals surface area contributed by atoms with E-state index in [0.29, 0.717) is 20.9 Å². The number of anilines is 1. The van der Waals surface area contributed by atoms with Crippen molar-refractivity contribution in [2.45, 2.75) is 52.4 Å². The first-order valence-corrected chi connectivity index (χ1v) is 12.3. The molecule has 35 heavy (non-hydrogen) atoms. The number of hydrogen-bond donors (Lipinski definition) is 1. The zero-order chi connectivity index (χ0) is 25.4. The predicted octanol–water partition coefficient (Wildman–Crippen LogP) is 6.15. The Labute approximate surface area is 221 Å². The van der Waals surface area contributed by atoms with Gasteiger partial charge in [-0.05, 0) is 73.9 Å². The van der Waals surface area contributed by atoms with Crippen molar-refractivity contribution in [2.24, 2.45) is 10.4 Å². The standard InChI is InChI=1S/C25H28Cl2N6OS/c1-24(2,3)20(21(32-15-28-14-29-32)34-19-11-9-16(26)10-12-19)30-22-25(4,5)33(23(35)31-22)18-8-6-7-17(27)13-18/h6-15,20-21H,1-5H3,(H,30,31,35)/t20-,21-/m0/s1. The maximum atomic E-state index is 6.44. The third-order valence-corrected chi connectivity index (χ3v) is 6.60. The quantitative estimate of drug-likeness (QED) is 0.385. The van der Waals surface area contributed by atoms with Crippen LogP contribution in [-0.4, -0.2) is 37.3 Å². The minimum atomic E-state index is -0.572. The molecule has 0 unspecified atom stereocenters. The van der Waals surface area contributed by atoms with Crippen molar-refractivity contribution in [1.82, 2.24) is 20.1 Å². The summed E-state index contributed by atoms with van der Waals surface area (Å²) in [6.07, 6.45) is 2.55. The van der Waals surface area contributed by atoms with Crippen molar-refractivity contribution < 1.29 is 4.74 Å². The number of thiocarbonyl (C=S) groups is 1. The fourth-order valence-electron chi connectivity index (χ4n) is 4.00. The molecule has 2 atom stereocenters. The second kappa shape index (κ2) is 9.76. The van der Waals surface area contributed by atoms with E-state index in [1.807, 2.05) is 41.3 Å². The monoisotopic (exact) mass is 530 g/mol. The third-order valence-electron chi connectivity index (χ3n) is 5.83. The number of halogens is 2. The summed E-state index contributed by atoms with van der Waals surface area (Å²) >= 11 is 18.1. The lowest BCUT2D eigenvalue weighted by Gasteiger charge is -2.36. The summed E-state index contributed by atoms with van der Waals surface area (Å²) in [5.74, 6) is 1.38. The van der Waals surface area contributed by atoms with E-state index < -0.39 is 11.8 Å². The van der Waals surface area contributed by atoms with Crippen LogP contribution in [0.3, 0.4) is 0 Å². The van der Waals surface area contributed by atoms with Gasteiger partial charge in [-0.2, -0.15) is 5.10 Å². The molecule has 1 saturated heterocycles. The van der Waals surface area contributed by atoms with Gasteiger partial charge < -0.3 is 15.0 Å². The van der Waals surface area contributed by atoms with Crippen molar-refractivity contribution >= 4 is 52.1 Å². The number of benzene rings is 2. The van der Waals surface area contributed by atoms with E-state index in [2.05, 4.69) is 50.0 Å². The SMILES string of the molecule is CC(C)(C)[C@@H](N=C1NC(=S)N(c2cccc(Cl)c2)C1(C)C)[C@H](Oc1ccc(Cl)cc1)n1cncn1. The van der Waals surface area contributed by atoms with Gasteiger partial charge in [0, 0.05) is 15.7 Å². The molecule has 10 heteroatoms. The van der Waals surface area contributed by atoms with Crippen LogP contribution < -0.4 is 15.0 Å². The first-order valence-electron chi connectivity index (χ1n) is 11.2. The summed E-state index contributed by atoms with van der Waals surface area (Å²) in [4.78, 5) is 11.4. The van der Waals surface area contributed by atoms with Crippen LogP contribution in [0.4, 0.5) is 5.69 Å². The fraction of sp³-hybridized carbons (Fsp3) is 0.360. The Morgan fingerprint density at radius 1 is 1.09 bits per heavy atom. The molecule has 0 bridgehead atoms. The van der Waals surface area contributed by atoms with E-state index in [1.54, 1.807) is 23.1 Å². The Morgan fingerprint density at radius 2 is 1.80 bits per heavy atom. The lowest BCUT2D eigenvalue weighted by atomic mass is 9.85. The van der Waals surface area contributed by atoms with Crippen molar-refractivity contribution in [1.29, 1.82) is 0 Å². The van der Waals surface area contributed by atoms with Gasteiger partial charge in [0.1, 0.15) is 30.3 Å². The number of aromatic nitrogens is 3.